The molecule has 0 saturated heterocycles. The monoisotopic (exact) mass is 570 g/mol. The summed E-state index contributed by atoms with van der Waals surface area (Å²) in [5, 5.41) is 0. The first-order valence-corrected chi connectivity index (χ1v) is 17.7. The normalized spacial score (nSPS) is 49.5. The largest absolute Gasteiger partial charge is 0.103 e. The molecule has 226 valence electrons. The second-order valence-corrected chi connectivity index (χ2v) is 15.2. The molecule has 4 fully saturated rings. The maximum atomic E-state index is 4.38. The third-order valence-electron chi connectivity index (χ3n) is 13.5. The molecule has 0 aliphatic heterocycles. The topological polar surface area (TPSA) is 0 Å². The third kappa shape index (κ3) is 5.26. The van der Waals surface area contributed by atoms with Crippen LogP contribution in [0, 0.1) is 94.7 Å². The number of hydrogen-bond acceptors (Lipinski definition) is 0. The van der Waals surface area contributed by atoms with Crippen molar-refractivity contribution < 1.29 is 0 Å². The first kappa shape index (κ1) is 29.1. The van der Waals surface area contributed by atoms with Gasteiger partial charge in [-0.25, -0.2) is 0 Å². The van der Waals surface area contributed by atoms with Crippen molar-refractivity contribution in [2.45, 2.75) is 44.9 Å². The zero-order valence-electron chi connectivity index (χ0n) is 26.3. The summed E-state index contributed by atoms with van der Waals surface area (Å²) >= 11 is 0. The number of fused-ring (bicyclic) bond motifs is 3. The van der Waals surface area contributed by atoms with Gasteiger partial charge in [-0.05, 0) is 140 Å². The van der Waals surface area contributed by atoms with Crippen molar-refractivity contribution in [2.75, 3.05) is 0 Å². The minimum atomic E-state index is 0.526. The summed E-state index contributed by atoms with van der Waals surface area (Å²) in [4.78, 5) is 0. The minimum Gasteiger partial charge on any atom is -0.103 e. The van der Waals surface area contributed by atoms with E-state index in [0.29, 0.717) is 76.9 Å². The van der Waals surface area contributed by atoms with E-state index in [0.717, 1.165) is 17.8 Å². The van der Waals surface area contributed by atoms with Crippen LogP contribution in [0.4, 0.5) is 0 Å². The van der Waals surface area contributed by atoms with Crippen LogP contribution in [0.2, 0.25) is 0 Å². The Balaban J connectivity index is 1.14. The second-order valence-electron chi connectivity index (χ2n) is 15.2. The molecule has 0 radical (unpaired) electrons. The van der Waals surface area contributed by atoms with Crippen LogP contribution in [-0.2, 0) is 0 Å². The Morgan fingerprint density at radius 1 is 0.372 bits per heavy atom. The molecule has 16 atom stereocenters. The lowest BCUT2D eigenvalue weighted by Crippen LogP contribution is -2.15. The van der Waals surface area contributed by atoms with Crippen molar-refractivity contribution in [1.82, 2.24) is 0 Å². The van der Waals surface area contributed by atoms with E-state index in [1.807, 2.05) is 0 Å². The fourth-order valence-corrected chi connectivity index (χ4v) is 11.2. The molecule has 0 heteroatoms. The summed E-state index contributed by atoms with van der Waals surface area (Å²) in [7, 11) is 0. The Morgan fingerprint density at radius 2 is 0.698 bits per heavy atom. The first-order chi connectivity index (χ1) is 21.1. The van der Waals surface area contributed by atoms with Crippen LogP contribution >= 0.6 is 0 Å². The first-order valence-electron chi connectivity index (χ1n) is 17.7. The lowest BCUT2D eigenvalue weighted by atomic mass is 9.82. The van der Waals surface area contributed by atoms with E-state index in [1.54, 1.807) is 0 Å². The van der Waals surface area contributed by atoms with Crippen LogP contribution in [0.3, 0.4) is 0 Å². The zero-order chi connectivity index (χ0) is 29.5. The van der Waals surface area contributed by atoms with Crippen LogP contribution in [0.15, 0.2) is 124 Å². The van der Waals surface area contributed by atoms with Crippen molar-refractivity contribution in [3.63, 3.8) is 0 Å². The molecule has 0 nitrogen and oxygen atoms in total. The van der Waals surface area contributed by atoms with Crippen LogP contribution in [-0.4, -0.2) is 0 Å². The molecular weight excluding hydrogens is 516 g/mol. The van der Waals surface area contributed by atoms with Gasteiger partial charge in [0.25, 0.3) is 0 Å². The van der Waals surface area contributed by atoms with E-state index < -0.39 is 0 Å². The molecule has 4 saturated carbocycles. The maximum absolute atomic E-state index is 4.38. The van der Waals surface area contributed by atoms with Gasteiger partial charge in [-0.2, -0.15) is 0 Å². The highest BCUT2D eigenvalue weighted by molar-refractivity contribution is 5.23. The fraction of sp³-hybridized carbons (Fsp3) is 0.535. The Hall–Kier alpha value is -2.60. The molecule has 7 aliphatic rings. The van der Waals surface area contributed by atoms with Gasteiger partial charge in [0.1, 0.15) is 0 Å². The minimum absolute atomic E-state index is 0.526. The molecule has 0 amide bonds. The predicted octanol–water partition coefficient (Wildman–Crippen LogP) is 10.8. The summed E-state index contributed by atoms with van der Waals surface area (Å²) in [6, 6.07) is 0. The standard InChI is InChI=1S/C43H54/c1-5-28-24-32(39-15-9-12-36(28)39)18-19-33-27-31(8-4)42(22-20-34-25-29(6-2)37-13-10-16-40(34)37)43(33)23-21-35-26-30(7-3)38-14-11-17-41(35)38/h5-14,18-23,28-43H,1-4,15-17,24-27H2/b19-18-,22-20+,23-21+. The lowest BCUT2D eigenvalue weighted by molar-refractivity contribution is 0.402. The lowest BCUT2D eigenvalue weighted by Gasteiger charge is -2.23. The Morgan fingerprint density at radius 3 is 1.09 bits per heavy atom. The van der Waals surface area contributed by atoms with E-state index in [4.69, 9.17) is 0 Å². The van der Waals surface area contributed by atoms with Crippen LogP contribution < -0.4 is 0 Å². The van der Waals surface area contributed by atoms with Gasteiger partial charge in [-0.1, -0.05) is 97.2 Å². The van der Waals surface area contributed by atoms with Crippen molar-refractivity contribution >= 4 is 0 Å². The summed E-state index contributed by atoms with van der Waals surface area (Å²) < 4.78 is 0. The molecule has 16 unspecified atom stereocenters. The van der Waals surface area contributed by atoms with Gasteiger partial charge < -0.3 is 0 Å². The SMILES string of the molecule is C=CC1CC(/C=C\C2CC(C=C)C(/C=C/C3CC(C=C)C4C=CCC34)C2/C=C/C2CC(C=C)C3C=CCC23)C2CC=CC12. The van der Waals surface area contributed by atoms with E-state index in [9.17, 15) is 0 Å². The summed E-state index contributed by atoms with van der Waals surface area (Å²) in [6.45, 7) is 17.0. The molecule has 0 bridgehead atoms. The summed E-state index contributed by atoms with van der Waals surface area (Å²) in [5.41, 5.74) is 0. The number of hydrogen-bond donors (Lipinski definition) is 0. The number of rotatable bonds is 10. The third-order valence-corrected chi connectivity index (χ3v) is 13.5. The van der Waals surface area contributed by atoms with Gasteiger partial charge in [0.05, 0.1) is 0 Å². The molecule has 0 aromatic rings. The highest BCUT2D eigenvalue weighted by atomic mass is 14.5. The average molecular weight is 571 g/mol. The molecule has 7 rings (SSSR count). The maximum Gasteiger partial charge on any atom is -0.0102 e. The zero-order valence-corrected chi connectivity index (χ0v) is 26.3. The van der Waals surface area contributed by atoms with Crippen molar-refractivity contribution in [1.29, 1.82) is 0 Å². The van der Waals surface area contributed by atoms with Gasteiger partial charge in [0.15, 0.2) is 0 Å². The van der Waals surface area contributed by atoms with Crippen molar-refractivity contribution in [3.05, 3.63) is 124 Å². The molecule has 0 aromatic carbocycles. The fourth-order valence-electron chi connectivity index (χ4n) is 11.2. The van der Waals surface area contributed by atoms with E-state index in [-0.39, 0.29) is 0 Å². The Labute approximate surface area is 262 Å². The molecular formula is C43H54. The smallest absolute Gasteiger partial charge is 0.0102 e. The molecule has 0 spiro atoms. The van der Waals surface area contributed by atoms with Crippen LogP contribution in [0.1, 0.15) is 44.9 Å². The van der Waals surface area contributed by atoms with E-state index >= 15 is 0 Å². The van der Waals surface area contributed by atoms with Gasteiger partial charge >= 0.3 is 0 Å². The van der Waals surface area contributed by atoms with Gasteiger partial charge in [-0.15, -0.1) is 26.3 Å². The molecule has 0 heterocycles. The van der Waals surface area contributed by atoms with Crippen LogP contribution in [0.5, 0.6) is 0 Å². The summed E-state index contributed by atoms with van der Waals surface area (Å²) in [5.74, 6) is 10.5. The second kappa shape index (κ2) is 12.4. The van der Waals surface area contributed by atoms with Gasteiger partial charge in [-0.3, -0.25) is 0 Å². The van der Waals surface area contributed by atoms with E-state index in [2.05, 4.69) is 124 Å². The molecule has 43 heavy (non-hydrogen) atoms. The van der Waals surface area contributed by atoms with Crippen molar-refractivity contribution in [2.24, 2.45) is 94.7 Å². The number of allylic oxidation sites excluding steroid dienone is 16. The van der Waals surface area contributed by atoms with E-state index in [1.165, 1.54) is 44.9 Å². The summed E-state index contributed by atoms with van der Waals surface area (Å²) in [6.07, 6.45) is 48.4. The Kier molecular flexibility index (Phi) is 8.41. The van der Waals surface area contributed by atoms with Crippen molar-refractivity contribution in [3.8, 4) is 0 Å². The Bertz CT molecular complexity index is 1250. The highest BCUT2D eigenvalue weighted by Crippen LogP contribution is 2.53. The molecule has 0 aromatic heterocycles. The molecule has 7 aliphatic carbocycles. The van der Waals surface area contributed by atoms with Gasteiger partial charge in [0, 0.05) is 0 Å². The average Bonchev–Trinajstić information content (AvgIpc) is 3.85. The van der Waals surface area contributed by atoms with Gasteiger partial charge in [0.2, 0.25) is 0 Å². The van der Waals surface area contributed by atoms with Crippen LogP contribution in [0.25, 0.3) is 0 Å². The molecule has 0 N–H and O–H groups in total. The predicted molar refractivity (Wildman–Crippen MR) is 184 cm³/mol. The highest BCUT2D eigenvalue weighted by Gasteiger charge is 2.45. The quantitative estimate of drug-likeness (QED) is 0.229.